The molecule has 15 heavy (non-hydrogen) atoms. The Hall–Kier alpha value is -0.560. The molecular weight excluding hydrogens is 206 g/mol. The molecule has 1 aromatic heterocycles. The van der Waals surface area contributed by atoms with E-state index in [1.807, 2.05) is 12.1 Å². The average molecular weight is 226 g/mol. The van der Waals surface area contributed by atoms with Crippen LogP contribution in [0.1, 0.15) is 52.1 Å². The van der Waals surface area contributed by atoms with Gasteiger partial charge in [-0.15, -0.1) is 0 Å². The molecule has 0 amide bonds. The molecule has 0 aromatic carbocycles. The molecule has 1 heterocycles. The van der Waals surface area contributed by atoms with Gasteiger partial charge in [0.15, 0.2) is 0 Å². The monoisotopic (exact) mass is 225 g/mol. The lowest BCUT2D eigenvalue weighted by atomic mass is 9.79. The van der Waals surface area contributed by atoms with E-state index in [1.165, 1.54) is 19.3 Å². The van der Waals surface area contributed by atoms with Crippen molar-refractivity contribution in [3.8, 4) is 0 Å². The SMILES string of the molecule is CCCCC(C)(CC)c1cccc(Cl)n1. The summed E-state index contributed by atoms with van der Waals surface area (Å²) < 4.78 is 0. The Labute approximate surface area is 97.9 Å². The van der Waals surface area contributed by atoms with E-state index >= 15 is 0 Å². The van der Waals surface area contributed by atoms with Gasteiger partial charge in [-0.05, 0) is 25.0 Å². The first kappa shape index (κ1) is 12.5. The summed E-state index contributed by atoms with van der Waals surface area (Å²) >= 11 is 5.93. The summed E-state index contributed by atoms with van der Waals surface area (Å²) in [4.78, 5) is 4.43. The third-order valence-corrected chi connectivity index (χ3v) is 3.41. The van der Waals surface area contributed by atoms with Crippen LogP contribution < -0.4 is 0 Å². The van der Waals surface area contributed by atoms with Gasteiger partial charge in [0.05, 0.1) is 0 Å². The van der Waals surface area contributed by atoms with Crippen LogP contribution in [0.5, 0.6) is 0 Å². The van der Waals surface area contributed by atoms with Crippen molar-refractivity contribution < 1.29 is 0 Å². The van der Waals surface area contributed by atoms with E-state index in [1.54, 1.807) is 0 Å². The highest BCUT2D eigenvalue weighted by molar-refractivity contribution is 6.29. The number of pyridine rings is 1. The van der Waals surface area contributed by atoms with Gasteiger partial charge in [-0.3, -0.25) is 0 Å². The number of nitrogens with zero attached hydrogens (tertiary/aromatic N) is 1. The van der Waals surface area contributed by atoms with Crippen molar-refractivity contribution in [2.45, 2.75) is 51.9 Å². The van der Waals surface area contributed by atoms with Crippen molar-refractivity contribution in [3.63, 3.8) is 0 Å². The average Bonchev–Trinajstić information content (AvgIpc) is 2.26. The first-order chi connectivity index (χ1) is 7.12. The maximum atomic E-state index is 5.93. The zero-order valence-corrected chi connectivity index (χ0v) is 10.6. The smallest absolute Gasteiger partial charge is 0.129 e. The second kappa shape index (κ2) is 5.50. The van der Waals surface area contributed by atoms with E-state index in [0.29, 0.717) is 5.15 Å². The molecule has 0 saturated heterocycles. The summed E-state index contributed by atoms with van der Waals surface area (Å²) in [6, 6.07) is 5.91. The number of rotatable bonds is 5. The predicted molar refractivity (Wildman–Crippen MR) is 66.4 cm³/mol. The highest BCUT2D eigenvalue weighted by atomic mass is 35.5. The van der Waals surface area contributed by atoms with Crippen LogP contribution in [0.25, 0.3) is 0 Å². The third kappa shape index (κ3) is 3.20. The van der Waals surface area contributed by atoms with Crippen LogP contribution in [0.4, 0.5) is 0 Å². The number of unbranched alkanes of at least 4 members (excludes halogenated alkanes) is 1. The van der Waals surface area contributed by atoms with E-state index < -0.39 is 0 Å². The maximum absolute atomic E-state index is 5.93. The minimum atomic E-state index is 0.181. The molecule has 0 spiro atoms. The van der Waals surface area contributed by atoms with Gasteiger partial charge in [0.2, 0.25) is 0 Å². The van der Waals surface area contributed by atoms with Gasteiger partial charge in [-0.25, -0.2) is 4.98 Å². The molecule has 0 N–H and O–H groups in total. The van der Waals surface area contributed by atoms with E-state index in [-0.39, 0.29) is 5.41 Å². The van der Waals surface area contributed by atoms with Crippen LogP contribution >= 0.6 is 11.6 Å². The Morgan fingerprint density at radius 2 is 2.07 bits per heavy atom. The Morgan fingerprint density at radius 1 is 1.33 bits per heavy atom. The fourth-order valence-corrected chi connectivity index (χ4v) is 1.96. The molecule has 0 aliphatic heterocycles. The van der Waals surface area contributed by atoms with Crippen LogP contribution in [0.3, 0.4) is 0 Å². The molecular formula is C13H20ClN. The van der Waals surface area contributed by atoms with Crippen molar-refractivity contribution in [1.29, 1.82) is 0 Å². The van der Waals surface area contributed by atoms with Gasteiger partial charge in [0.25, 0.3) is 0 Å². The molecule has 1 unspecified atom stereocenters. The molecule has 0 saturated carbocycles. The van der Waals surface area contributed by atoms with E-state index in [2.05, 4.69) is 31.8 Å². The van der Waals surface area contributed by atoms with E-state index in [0.717, 1.165) is 12.1 Å². The number of aromatic nitrogens is 1. The van der Waals surface area contributed by atoms with Crippen LogP contribution in [-0.2, 0) is 5.41 Å². The summed E-state index contributed by atoms with van der Waals surface area (Å²) in [6.45, 7) is 6.72. The molecule has 1 atom stereocenters. The zero-order valence-electron chi connectivity index (χ0n) is 9.89. The lowest BCUT2D eigenvalue weighted by Crippen LogP contribution is -2.22. The van der Waals surface area contributed by atoms with Crippen LogP contribution in [0.15, 0.2) is 18.2 Å². The number of halogens is 1. The lowest BCUT2D eigenvalue weighted by molar-refractivity contribution is 0.392. The topological polar surface area (TPSA) is 12.9 Å². The standard InChI is InChI=1S/C13H20ClN/c1-4-6-10-13(3,5-2)11-8-7-9-12(14)15-11/h7-9H,4-6,10H2,1-3H3. The van der Waals surface area contributed by atoms with Crippen molar-refractivity contribution in [2.75, 3.05) is 0 Å². The second-order valence-corrected chi connectivity index (χ2v) is 4.75. The first-order valence-electron chi connectivity index (χ1n) is 5.75. The number of hydrogen-bond acceptors (Lipinski definition) is 1. The Balaban J connectivity index is 2.89. The first-order valence-corrected chi connectivity index (χ1v) is 6.13. The normalized spacial score (nSPS) is 14.9. The summed E-state index contributed by atoms with van der Waals surface area (Å²) in [5.41, 5.74) is 1.31. The van der Waals surface area contributed by atoms with Crippen molar-refractivity contribution in [1.82, 2.24) is 4.98 Å². The summed E-state index contributed by atoms with van der Waals surface area (Å²) in [5, 5.41) is 0.601. The van der Waals surface area contributed by atoms with Crippen molar-refractivity contribution >= 4 is 11.6 Å². The lowest BCUT2D eigenvalue weighted by Gasteiger charge is -2.27. The van der Waals surface area contributed by atoms with Crippen LogP contribution in [-0.4, -0.2) is 4.98 Å². The quantitative estimate of drug-likeness (QED) is 0.668. The fraction of sp³-hybridized carbons (Fsp3) is 0.615. The van der Waals surface area contributed by atoms with Crippen molar-refractivity contribution in [3.05, 3.63) is 29.0 Å². The second-order valence-electron chi connectivity index (χ2n) is 4.36. The molecule has 1 nitrogen and oxygen atoms in total. The molecule has 0 fully saturated rings. The van der Waals surface area contributed by atoms with Crippen LogP contribution in [0, 0.1) is 0 Å². The molecule has 1 aromatic rings. The molecule has 1 rings (SSSR count). The molecule has 0 bridgehead atoms. The van der Waals surface area contributed by atoms with Crippen molar-refractivity contribution in [2.24, 2.45) is 0 Å². The summed E-state index contributed by atoms with van der Waals surface area (Å²) in [7, 11) is 0. The minimum Gasteiger partial charge on any atom is -0.241 e. The van der Waals surface area contributed by atoms with Gasteiger partial charge < -0.3 is 0 Å². The van der Waals surface area contributed by atoms with Gasteiger partial charge in [0, 0.05) is 11.1 Å². The Bertz CT molecular complexity index is 311. The highest BCUT2D eigenvalue weighted by Gasteiger charge is 2.25. The predicted octanol–water partition coefficient (Wildman–Crippen LogP) is 4.59. The van der Waals surface area contributed by atoms with Gasteiger partial charge >= 0.3 is 0 Å². The molecule has 2 heteroatoms. The molecule has 84 valence electrons. The van der Waals surface area contributed by atoms with Gasteiger partial charge in [-0.1, -0.05) is 51.3 Å². The van der Waals surface area contributed by atoms with Crippen LogP contribution in [0.2, 0.25) is 5.15 Å². The third-order valence-electron chi connectivity index (χ3n) is 3.20. The summed E-state index contributed by atoms with van der Waals surface area (Å²) in [5.74, 6) is 0. The Kier molecular flexibility index (Phi) is 4.59. The summed E-state index contributed by atoms with van der Waals surface area (Å²) in [6.07, 6.45) is 4.78. The molecule has 0 radical (unpaired) electrons. The van der Waals surface area contributed by atoms with E-state index in [4.69, 9.17) is 11.6 Å². The zero-order chi connectivity index (χ0) is 11.3. The maximum Gasteiger partial charge on any atom is 0.129 e. The minimum absolute atomic E-state index is 0.181. The van der Waals surface area contributed by atoms with E-state index in [9.17, 15) is 0 Å². The Morgan fingerprint density at radius 3 is 2.60 bits per heavy atom. The molecule has 0 aliphatic carbocycles. The fourth-order valence-electron chi connectivity index (χ4n) is 1.80. The van der Waals surface area contributed by atoms with Gasteiger partial charge in [-0.2, -0.15) is 0 Å². The highest BCUT2D eigenvalue weighted by Crippen LogP contribution is 2.32. The molecule has 0 aliphatic rings. The largest absolute Gasteiger partial charge is 0.241 e. The number of hydrogen-bond donors (Lipinski definition) is 0. The van der Waals surface area contributed by atoms with Gasteiger partial charge in [0.1, 0.15) is 5.15 Å².